The number of carbonyl (C=O) groups excluding carboxylic acids is 1. The minimum Gasteiger partial charge on any atom is -0.394 e. The van der Waals surface area contributed by atoms with Crippen molar-refractivity contribution >= 4 is 29.9 Å². The van der Waals surface area contributed by atoms with Crippen LogP contribution in [0.3, 0.4) is 0 Å². The summed E-state index contributed by atoms with van der Waals surface area (Å²) in [6.07, 6.45) is -0.198. The highest BCUT2D eigenvalue weighted by molar-refractivity contribution is 5.85. The SMILES string of the molecule is CN(C)CCc1cc([N+](=O)[O-])ccc1OC(=O)Oc1ccc([N+](=O)[O-])cc1CCN(C)C.Cl. The van der Waals surface area contributed by atoms with E-state index in [0.717, 1.165) is 0 Å². The third-order valence-electron chi connectivity index (χ3n) is 4.55. The Morgan fingerprint density at radius 1 is 0.788 bits per heavy atom. The highest BCUT2D eigenvalue weighted by Gasteiger charge is 2.19. The van der Waals surface area contributed by atoms with E-state index >= 15 is 0 Å². The molecule has 2 aromatic rings. The second kappa shape index (κ2) is 12.7. The third kappa shape index (κ3) is 8.64. The lowest BCUT2D eigenvalue weighted by molar-refractivity contribution is -0.385. The van der Waals surface area contributed by atoms with Gasteiger partial charge in [0.2, 0.25) is 0 Å². The Morgan fingerprint density at radius 3 is 1.45 bits per heavy atom. The van der Waals surface area contributed by atoms with Crippen LogP contribution in [0.25, 0.3) is 0 Å². The van der Waals surface area contributed by atoms with Crippen LogP contribution in [-0.4, -0.2) is 67.1 Å². The van der Waals surface area contributed by atoms with Crippen LogP contribution in [0.2, 0.25) is 0 Å². The van der Waals surface area contributed by atoms with E-state index in [1.807, 2.05) is 38.0 Å². The monoisotopic (exact) mass is 482 g/mol. The smallest absolute Gasteiger partial charge is 0.394 e. The van der Waals surface area contributed by atoms with Crippen molar-refractivity contribution in [3.63, 3.8) is 0 Å². The van der Waals surface area contributed by atoms with Crippen molar-refractivity contribution in [3.05, 3.63) is 67.8 Å². The van der Waals surface area contributed by atoms with Crippen LogP contribution in [0.4, 0.5) is 16.2 Å². The van der Waals surface area contributed by atoms with E-state index in [-0.39, 0.29) is 35.3 Å². The van der Waals surface area contributed by atoms with Crippen molar-refractivity contribution in [3.8, 4) is 11.5 Å². The lowest BCUT2D eigenvalue weighted by Gasteiger charge is -2.15. The van der Waals surface area contributed by atoms with Crippen molar-refractivity contribution in [2.75, 3.05) is 41.3 Å². The number of likely N-dealkylation sites (N-methyl/N-ethyl adjacent to an activating group) is 2. The van der Waals surface area contributed by atoms with Gasteiger partial charge in [-0.1, -0.05) is 0 Å². The van der Waals surface area contributed by atoms with Gasteiger partial charge in [-0.05, 0) is 53.2 Å². The Kier molecular flexibility index (Phi) is 10.7. The molecule has 0 radical (unpaired) electrons. The van der Waals surface area contributed by atoms with Crippen molar-refractivity contribution < 1.29 is 24.1 Å². The predicted octanol–water partition coefficient (Wildman–Crippen LogP) is 3.71. The molecule has 0 heterocycles. The summed E-state index contributed by atoms with van der Waals surface area (Å²) in [4.78, 5) is 37.4. The molecule has 0 aliphatic heterocycles. The lowest BCUT2D eigenvalue weighted by atomic mass is 10.1. The number of benzene rings is 2. The molecule has 11 nitrogen and oxygen atoms in total. The average molecular weight is 483 g/mol. The number of nitrogens with zero attached hydrogens (tertiary/aromatic N) is 4. The zero-order valence-corrected chi connectivity index (χ0v) is 19.7. The number of halogens is 1. The zero-order chi connectivity index (χ0) is 23.8. The van der Waals surface area contributed by atoms with E-state index in [2.05, 4.69) is 0 Å². The van der Waals surface area contributed by atoms with Gasteiger partial charge in [-0.2, -0.15) is 0 Å². The number of hydrogen-bond donors (Lipinski definition) is 0. The van der Waals surface area contributed by atoms with E-state index < -0.39 is 16.0 Å². The Bertz CT molecular complexity index is 921. The van der Waals surface area contributed by atoms with Crippen molar-refractivity contribution in [1.29, 1.82) is 0 Å². The van der Waals surface area contributed by atoms with Gasteiger partial charge in [0, 0.05) is 48.5 Å². The topological polar surface area (TPSA) is 128 Å². The van der Waals surface area contributed by atoms with Crippen LogP contribution < -0.4 is 9.47 Å². The normalized spacial score (nSPS) is 10.6. The first-order valence-electron chi connectivity index (χ1n) is 9.80. The summed E-state index contributed by atoms with van der Waals surface area (Å²) in [6.45, 7) is 1.17. The second-order valence-electron chi connectivity index (χ2n) is 7.66. The summed E-state index contributed by atoms with van der Waals surface area (Å²) in [7, 11) is 7.43. The third-order valence-corrected chi connectivity index (χ3v) is 4.55. The maximum atomic E-state index is 12.5. The summed E-state index contributed by atoms with van der Waals surface area (Å²) < 4.78 is 10.7. The molecule has 12 heteroatoms. The molecule has 0 aromatic heterocycles. The van der Waals surface area contributed by atoms with E-state index in [4.69, 9.17) is 9.47 Å². The second-order valence-corrected chi connectivity index (χ2v) is 7.66. The Morgan fingerprint density at radius 2 is 1.15 bits per heavy atom. The van der Waals surface area contributed by atoms with E-state index in [9.17, 15) is 25.0 Å². The van der Waals surface area contributed by atoms with Crippen LogP contribution in [0, 0.1) is 20.2 Å². The van der Waals surface area contributed by atoms with Gasteiger partial charge in [0.1, 0.15) is 11.5 Å². The fourth-order valence-corrected chi connectivity index (χ4v) is 2.84. The molecule has 0 atom stereocenters. The van der Waals surface area contributed by atoms with Crippen LogP contribution >= 0.6 is 12.4 Å². The Labute approximate surface area is 197 Å². The molecule has 0 bridgehead atoms. The van der Waals surface area contributed by atoms with Crippen LogP contribution in [0.1, 0.15) is 11.1 Å². The number of ether oxygens (including phenoxy) is 2. The molecule has 0 saturated heterocycles. The van der Waals surface area contributed by atoms with Crippen LogP contribution in [0.5, 0.6) is 11.5 Å². The fraction of sp³-hybridized carbons (Fsp3) is 0.381. The van der Waals surface area contributed by atoms with E-state index in [1.165, 1.54) is 36.4 Å². The van der Waals surface area contributed by atoms with Gasteiger partial charge in [0.15, 0.2) is 0 Å². The van der Waals surface area contributed by atoms with Crippen molar-refractivity contribution in [2.24, 2.45) is 0 Å². The minimum atomic E-state index is -1.04. The largest absolute Gasteiger partial charge is 0.519 e. The predicted molar refractivity (Wildman–Crippen MR) is 125 cm³/mol. The number of nitro benzene ring substituents is 2. The highest BCUT2D eigenvalue weighted by Crippen LogP contribution is 2.28. The van der Waals surface area contributed by atoms with Gasteiger partial charge in [0.25, 0.3) is 11.4 Å². The van der Waals surface area contributed by atoms with Gasteiger partial charge in [0.05, 0.1) is 9.85 Å². The summed E-state index contributed by atoms with van der Waals surface area (Å²) in [6, 6.07) is 7.92. The summed E-state index contributed by atoms with van der Waals surface area (Å²) in [5.41, 5.74) is 0.754. The van der Waals surface area contributed by atoms with Crippen LogP contribution in [0.15, 0.2) is 36.4 Å². The van der Waals surface area contributed by atoms with Gasteiger partial charge in [-0.3, -0.25) is 20.2 Å². The van der Waals surface area contributed by atoms with Gasteiger partial charge >= 0.3 is 6.16 Å². The summed E-state index contributed by atoms with van der Waals surface area (Å²) in [5, 5.41) is 22.2. The molecular weight excluding hydrogens is 456 g/mol. The summed E-state index contributed by atoms with van der Waals surface area (Å²) in [5.74, 6) is 0.304. The maximum absolute atomic E-state index is 12.5. The fourth-order valence-electron chi connectivity index (χ4n) is 2.84. The minimum absolute atomic E-state index is 0. The molecule has 0 saturated carbocycles. The number of nitro groups is 2. The molecule has 0 fully saturated rings. The molecule has 2 rings (SSSR count). The molecule has 33 heavy (non-hydrogen) atoms. The first-order chi connectivity index (χ1) is 15.1. The molecule has 0 amide bonds. The van der Waals surface area contributed by atoms with Gasteiger partial charge in [-0.25, -0.2) is 4.79 Å². The van der Waals surface area contributed by atoms with Gasteiger partial charge < -0.3 is 19.3 Å². The number of carbonyl (C=O) groups is 1. The number of hydrogen-bond acceptors (Lipinski definition) is 9. The zero-order valence-electron chi connectivity index (χ0n) is 18.8. The van der Waals surface area contributed by atoms with Gasteiger partial charge in [-0.15, -0.1) is 12.4 Å². The maximum Gasteiger partial charge on any atom is 0.519 e. The quantitative estimate of drug-likeness (QED) is 0.215. The molecule has 180 valence electrons. The molecule has 0 N–H and O–H groups in total. The standard InChI is InChI=1S/C21H26N4O7.ClH/c1-22(2)11-9-15-13-17(24(27)28)5-7-19(15)31-21(26)32-20-8-6-18(25(29)30)14-16(20)10-12-23(3)4;/h5-8,13-14H,9-12H2,1-4H3;1H. The lowest BCUT2D eigenvalue weighted by Crippen LogP contribution is -2.19. The average Bonchev–Trinajstić information content (AvgIpc) is 2.71. The molecular formula is C21H27ClN4O7. The Hall–Kier alpha value is -3.28. The first-order valence-corrected chi connectivity index (χ1v) is 9.80. The van der Waals surface area contributed by atoms with Crippen molar-refractivity contribution in [1.82, 2.24) is 9.80 Å². The molecule has 2 aromatic carbocycles. The molecule has 0 unspecified atom stereocenters. The number of rotatable bonds is 10. The first kappa shape index (κ1) is 27.8. The van der Waals surface area contributed by atoms with E-state index in [1.54, 1.807) is 0 Å². The highest BCUT2D eigenvalue weighted by atomic mass is 35.5. The Balaban J connectivity index is 0.00000544. The molecule has 0 aliphatic rings. The molecule has 0 aliphatic carbocycles. The number of non-ortho nitro benzene ring substituents is 2. The summed E-state index contributed by atoms with van der Waals surface area (Å²) >= 11 is 0. The van der Waals surface area contributed by atoms with Crippen molar-refractivity contribution in [2.45, 2.75) is 12.8 Å². The van der Waals surface area contributed by atoms with Crippen LogP contribution in [-0.2, 0) is 12.8 Å². The van der Waals surface area contributed by atoms with E-state index in [0.29, 0.717) is 37.1 Å². The molecule has 0 spiro atoms.